The molecule has 0 saturated heterocycles. The largest absolute Gasteiger partial charge is 0.491 e. The standard InChI is InChI=1S/C18H17F3N4O2/c1-3-11-9-25-10-13(14(27-4-2)8-16(25)22-11)24-17(26)12-6-5-7-15(23-12)18(19,20)21/h5-10H,3-4H2,1-2H3,(H,24,26). The molecule has 0 fully saturated rings. The number of aryl methyl sites for hydroxylation is 1. The fourth-order valence-corrected chi connectivity index (χ4v) is 2.51. The number of halogens is 3. The third-order valence-corrected chi connectivity index (χ3v) is 3.79. The van der Waals surface area contributed by atoms with Crippen molar-refractivity contribution in [3.8, 4) is 5.75 Å². The number of carbonyl (C=O) groups is 1. The second-order valence-corrected chi connectivity index (χ2v) is 5.70. The van der Waals surface area contributed by atoms with E-state index in [1.807, 2.05) is 13.1 Å². The van der Waals surface area contributed by atoms with E-state index in [0.29, 0.717) is 23.7 Å². The van der Waals surface area contributed by atoms with Gasteiger partial charge in [-0.05, 0) is 25.5 Å². The third kappa shape index (κ3) is 4.02. The number of imidazole rings is 1. The van der Waals surface area contributed by atoms with E-state index < -0.39 is 17.8 Å². The Hall–Kier alpha value is -3.10. The first kappa shape index (κ1) is 18.7. The van der Waals surface area contributed by atoms with E-state index in [9.17, 15) is 18.0 Å². The van der Waals surface area contributed by atoms with Crippen molar-refractivity contribution in [2.75, 3.05) is 11.9 Å². The summed E-state index contributed by atoms with van der Waals surface area (Å²) in [4.78, 5) is 20.2. The minimum atomic E-state index is -4.63. The summed E-state index contributed by atoms with van der Waals surface area (Å²) in [5.41, 5.74) is 0.352. The number of nitrogens with one attached hydrogen (secondary N) is 1. The zero-order valence-electron chi connectivity index (χ0n) is 14.7. The van der Waals surface area contributed by atoms with Crippen LogP contribution in [0, 0.1) is 0 Å². The monoisotopic (exact) mass is 378 g/mol. The fourth-order valence-electron chi connectivity index (χ4n) is 2.51. The van der Waals surface area contributed by atoms with Crippen molar-refractivity contribution < 1.29 is 22.7 Å². The number of anilines is 1. The first-order chi connectivity index (χ1) is 12.8. The maximum atomic E-state index is 12.8. The maximum absolute atomic E-state index is 12.8. The third-order valence-electron chi connectivity index (χ3n) is 3.79. The molecule has 0 aliphatic carbocycles. The molecule has 0 unspecified atom stereocenters. The number of alkyl halides is 3. The van der Waals surface area contributed by atoms with Gasteiger partial charge in [-0.25, -0.2) is 9.97 Å². The molecule has 3 heterocycles. The van der Waals surface area contributed by atoms with Gasteiger partial charge in [0.25, 0.3) is 5.91 Å². The lowest BCUT2D eigenvalue weighted by Gasteiger charge is -2.12. The van der Waals surface area contributed by atoms with Gasteiger partial charge in [-0.2, -0.15) is 13.2 Å². The summed E-state index contributed by atoms with van der Waals surface area (Å²) in [6.07, 6.45) is -0.470. The number of hydrogen-bond acceptors (Lipinski definition) is 4. The molecule has 0 aliphatic heterocycles. The Kier molecular flexibility index (Phi) is 5.02. The lowest BCUT2D eigenvalue weighted by molar-refractivity contribution is -0.141. The van der Waals surface area contributed by atoms with Crippen molar-refractivity contribution in [2.24, 2.45) is 0 Å². The number of ether oxygens (including phenoxy) is 1. The highest BCUT2D eigenvalue weighted by atomic mass is 19.4. The van der Waals surface area contributed by atoms with Crippen LogP contribution < -0.4 is 10.1 Å². The molecule has 27 heavy (non-hydrogen) atoms. The van der Waals surface area contributed by atoms with E-state index in [0.717, 1.165) is 24.2 Å². The molecule has 0 atom stereocenters. The Labute approximate surface area is 153 Å². The van der Waals surface area contributed by atoms with Crippen LogP contribution in [0.4, 0.5) is 18.9 Å². The van der Waals surface area contributed by atoms with Crippen molar-refractivity contribution in [3.05, 3.63) is 53.7 Å². The van der Waals surface area contributed by atoms with Crippen molar-refractivity contribution in [2.45, 2.75) is 26.4 Å². The number of nitrogens with zero attached hydrogens (tertiary/aromatic N) is 3. The number of fused-ring (bicyclic) bond motifs is 1. The average molecular weight is 378 g/mol. The molecule has 3 aromatic heterocycles. The van der Waals surface area contributed by atoms with E-state index in [2.05, 4.69) is 15.3 Å². The molecule has 142 valence electrons. The number of aromatic nitrogens is 3. The van der Waals surface area contributed by atoms with Gasteiger partial charge in [-0.1, -0.05) is 13.0 Å². The number of hydrogen-bond donors (Lipinski definition) is 1. The lowest BCUT2D eigenvalue weighted by atomic mass is 10.2. The van der Waals surface area contributed by atoms with Crippen LogP contribution in [0.1, 0.15) is 35.7 Å². The van der Waals surface area contributed by atoms with E-state index in [4.69, 9.17) is 4.74 Å². The Morgan fingerprint density at radius 3 is 2.67 bits per heavy atom. The number of amides is 1. The Morgan fingerprint density at radius 1 is 1.22 bits per heavy atom. The maximum Gasteiger partial charge on any atom is 0.433 e. The van der Waals surface area contributed by atoms with Crippen molar-refractivity contribution in [3.63, 3.8) is 0 Å². The molecule has 0 aromatic carbocycles. The summed E-state index contributed by atoms with van der Waals surface area (Å²) in [6.45, 7) is 4.10. The quantitative estimate of drug-likeness (QED) is 0.730. The summed E-state index contributed by atoms with van der Waals surface area (Å²) < 4.78 is 45.7. The van der Waals surface area contributed by atoms with Gasteiger partial charge in [0.15, 0.2) is 0 Å². The van der Waals surface area contributed by atoms with Gasteiger partial charge in [0.2, 0.25) is 0 Å². The van der Waals surface area contributed by atoms with E-state index in [-0.39, 0.29) is 5.69 Å². The molecule has 0 radical (unpaired) electrons. The van der Waals surface area contributed by atoms with Gasteiger partial charge in [-0.15, -0.1) is 0 Å². The van der Waals surface area contributed by atoms with Gasteiger partial charge >= 0.3 is 6.18 Å². The van der Waals surface area contributed by atoms with Gasteiger partial charge in [0.05, 0.1) is 12.3 Å². The van der Waals surface area contributed by atoms with E-state index in [1.54, 1.807) is 23.6 Å². The minimum absolute atomic E-state index is 0.314. The fraction of sp³-hybridized carbons (Fsp3) is 0.278. The number of rotatable bonds is 5. The summed E-state index contributed by atoms with van der Waals surface area (Å²) in [5.74, 6) is -0.393. The topological polar surface area (TPSA) is 68.5 Å². The molecule has 9 heteroatoms. The predicted molar refractivity (Wildman–Crippen MR) is 92.9 cm³/mol. The first-order valence-electron chi connectivity index (χ1n) is 8.31. The van der Waals surface area contributed by atoms with Crippen LogP contribution in [0.5, 0.6) is 5.75 Å². The zero-order valence-corrected chi connectivity index (χ0v) is 14.7. The summed E-state index contributed by atoms with van der Waals surface area (Å²) in [6, 6.07) is 4.83. The summed E-state index contributed by atoms with van der Waals surface area (Å²) >= 11 is 0. The highest BCUT2D eigenvalue weighted by Crippen LogP contribution is 2.29. The highest BCUT2D eigenvalue weighted by molar-refractivity contribution is 6.03. The van der Waals surface area contributed by atoms with Crippen LogP contribution in [0.25, 0.3) is 5.65 Å². The van der Waals surface area contributed by atoms with Gasteiger partial charge in [0, 0.05) is 18.5 Å². The highest BCUT2D eigenvalue weighted by Gasteiger charge is 2.33. The van der Waals surface area contributed by atoms with E-state index >= 15 is 0 Å². The molecule has 1 amide bonds. The molecule has 0 saturated carbocycles. The Bertz CT molecular complexity index is 982. The van der Waals surface area contributed by atoms with Gasteiger partial charge in [-0.3, -0.25) is 4.79 Å². The van der Waals surface area contributed by atoms with Crippen LogP contribution in [-0.4, -0.2) is 26.9 Å². The average Bonchev–Trinajstić information content (AvgIpc) is 3.03. The predicted octanol–water partition coefficient (Wildman–Crippen LogP) is 3.96. The molecular weight excluding hydrogens is 361 g/mol. The second-order valence-electron chi connectivity index (χ2n) is 5.70. The second kappa shape index (κ2) is 7.26. The van der Waals surface area contributed by atoms with Crippen molar-refractivity contribution in [1.82, 2.24) is 14.4 Å². The Balaban J connectivity index is 1.95. The van der Waals surface area contributed by atoms with Gasteiger partial charge in [0.1, 0.15) is 28.5 Å². The van der Waals surface area contributed by atoms with Crippen molar-refractivity contribution >= 4 is 17.2 Å². The van der Waals surface area contributed by atoms with Crippen molar-refractivity contribution in [1.29, 1.82) is 0 Å². The smallest absolute Gasteiger partial charge is 0.433 e. The van der Waals surface area contributed by atoms with Crippen LogP contribution in [0.15, 0.2) is 36.7 Å². The van der Waals surface area contributed by atoms with Crippen LogP contribution in [0.2, 0.25) is 0 Å². The normalized spacial score (nSPS) is 11.6. The van der Waals surface area contributed by atoms with Crippen LogP contribution in [0.3, 0.4) is 0 Å². The number of carbonyl (C=O) groups excluding carboxylic acids is 1. The molecule has 0 spiro atoms. The molecule has 3 rings (SSSR count). The van der Waals surface area contributed by atoms with Crippen LogP contribution >= 0.6 is 0 Å². The van der Waals surface area contributed by atoms with Crippen LogP contribution in [-0.2, 0) is 12.6 Å². The summed E-state index contributed by atoms with van der Waals surface area (Å²) in [7, 11) is 0. The molecule has 1 N–H and O–H groups in total. The number of pyridine rings is 2. The van der Waals surface area contributed by atoms with E-state index in [1.165, 1.54) is 6.07 Å². The first-order valence-corrected chi connectivity index (χ1v) is 8.31. The Morgan fingerprint density at radius 2 is 2.00 bits per heavy atom. The molecule has 6 nitrogen and oxygen atoms in total. The molecule has 0 aliphatic rings. The zero-order chi connectivity index (χ0) is 19.6. The lowest BCUT2D eigenvalue weighted by Crippen LogP contribution is -2.17. The van der Waals surface area contributed by atoms with Gasteiger partial charge < -0.3 is 14.5 Å². The minimum Gasteiger partial charge on any atom is -0.491 e. The SMILES string of the molecule is CCOc1cc2nc(CC)cn2cc1NC(=O)c1cccc(C(F)(F)F)n1. The molecular formula is C18H17F3N4O2. The summed E-state index contributed by atoms with van der Waals surface area (Å²) in [5, 5.41) is 2.57. The molecule has 0 bridgehead atoms. The molecule has 3 aromatic rings.